The van der Waals surface area contributed by atoms with Crippen molar-refractivity contribution in [2.24, 2.45) is 5.92 Å². The molecule has 0 aromatic heterocycles. The Morgan fingerprint density at radius 2 is 1.76 bits per heavy atom. The predicted molar refractivity (Wildman–Crippen MR) is 109 cm³/mol. The van der Waals surface area contributed by atoms with Crippen LogP contribution in [0.25, 0.3) is 0 Å². The zero-order valence-corrected chi connectivity index (χ0v) is 17.1. The maximum absolute atomic E-state index is 12.7. The van der Waals surface area contributed by atoms with Gasteiger partial charge in [0.15, 0.2) is 0 Å². The molecule has 2 fully saturated rings. The summed E-state index contributed by atoms with van der Waals surface area (Å²) in [4.78, 5) is 51.7. The van der Waals surface area contributed by atoms with Gasteiger partial charge in [0.2, 0.25) is 5.91 Å². The smallest absolute Gasteiger partial charge is 0.325 e. The van der Waals surface area contributed by atoms with Gasteiger partial charge in [0, 0.05) is 11.7 Å². The molecule has 0 bridgehead atoms. The molecule has 2 aliphatic rings. The van der Waals surface area contributed by atoms with Crippen LogP contribution in [0.1, 0.15) is 57.9 Å². The Hall–Kier alpha value is -2.70. The lowest BCUT2D eigenvalue weighted by molar-refractivity contribution is -0.145. The van der Waals surface area contributed by atoms with Crippen molar-refractivity contribution in [3.05, 3.63) is 29.8 Å². The standard InChI is InChI=1S/C22H29N3O4/c1-3-4-8-16-10-12-17(13-11-16)23-19(26)14-24-20(27)21(28)25(22(24)29)18-9-6-5-7-15(18)2/h10-13,15,18H,3-9,14H2,1-2H3,(H,23,26)/t15-,18+/m1/s1. The first kappa shape index (κ1) is 21.0. The lowest BCUT2D eigenvalue weighted by atomic mass is 9.85. The minimum absolute atomic E-state index is 0.157. The average molecular weight is 399 g/mol. The van der Waals surface area contributed by atoms with Gasteiger partial charge in [-0.15, -0.1) is 0 Å². The molecular weight excluding hydrogens is 370 g/mol. The van der Waals surface area contributed by atoms with Gasteiger partial charge in [0.1, 0.15) is 6.54 Å². The first-order chi connectivity index (χ1) is 13.9. The second-order valence-corrected chi connectivity index (χ2v) is 8.03. The molecule has 1 aromatic rings. The fourth-order valence-corrected chi connectivity index (χ4v) is 4.11. The number of benzene rings is 1. The number of nitrogens with zero attached hydrogens (tertiary/aromatic N) is 2. The monoisotopic (exact) mass is 399 g/mol. The summed E-state index contributed by atoms with van der Waals surface area (Å²) in [6.45, 7) is 3.67. The molecule has 29 heavy (non-hydrogen) atoms. The highest BCUT2D eigenvalue weighted by Gasteiger charge is 2.49. The number of hydrogen-bond acceptors (Lipinski definition) is 4. The summed E-state index contributed by atoms with van der Waals surface area (Å²) in [7, 11) is 0. The topological polar surface area (TPSA) is 86.8 Å². The van der Waals surface area contributed by atoms with Crippen molar-refractivity contribution in [2.45, 2.75) is 64.8 Å². The Morgan fingerprint density at radius 3 is 2.41 bits per heavy atom. The third-order valence-electron chi connectivity index (χ3n) is 5.84. The third-order valence-corrected chi connectivity index (χ3v) is 5.84. The van der Waals surface area contributed by atoms with Gasteiger partial charge in [-0.25, -0.2) is 9.69 Å². The van der Waals surface area contributed by atoms with E-state index in [-0.39, 0.29) is 12.0 Å². The Labute approximate surface area is 171 Å². The van der Waals surface area contributed by atoms with E-state index in [4.69, 9.17) is 0 Å². The number of amides is 5. The van der Waals surface area contributed by atoms with Gasteiger partial charge in [0.05, 0.1) is 0 Å². The van der Waals surface area contributed by atoms with Crippen LogP contribution in [0.4, 0.5) is 10.5 Å². The number of carbonyl (C=O) groups is 4. The van der Waals surface area contributed by atoms with Crippen molar-refractivity contribution in [2.75, 3.05) is 11.9 Å². The molecule has 7 heteroatoms. The number of carbonyl (C=O) groups excluding carboxylic acids is 4. The molecule has 156 valence electrons. The van der Waals surface area contributed by atoms with E-state index in [9.17, 15) is 19.2 Å². The molecule has 0 spiro atoms. The predicted octanol–water partition coefficient (Wildman–Crippen LogP) is 3.34. The maximum atomic E-state index is 12.7. The number of unbranched alkanes of at least 4 members (excludes halogenated alkanes) is 1. The second-order valence-electron chi connectivity index (χ2n) is 8.03. The highest BCUT2D eigenvalue weighted by Crippen LogP contribution is 2.31. The largest absolute Gasteiger partial charge is 0.334 e. The Morgan fingerprint density at radius 1 is 1.07 bits per heavy atom. The third kappa shape index (κ3) is 4.66. The fourth-order valence-electron chi connectivity index (χ4n) is 4.11. The molecule has 1 aliphatic carbocycles. The minimum atomic E-state index is -0.919. The maximum Gasteiger partial charge on any atom is 0.334 e. The van der Waals surface area contributed by atoms with Gasteiger partial charge in [-0.05, 0) is 49.3 Å². The first-order valence-corrected chi connectivity index (χ1v) is 10.5. The lowest BCUT2D eigenvalue weighted by Crippen LogP contribution is -2.46. The molecule has 5 amide bonds. The van der Waals surface area contributed by atoms with Crippen LogP contribution in [-0.4, -0.2) is 46.1 Å². The number of urea groups is 1. The minimum Gasteiger partial charge on any atom is -0.325 e. The van der Waals surface area contributed by atoms with Crippen LogP contribution in [0.5, 0.6) is 0 Å². The van der Waals surface area contributed by atoms with Crippen LogP contribution in [0.3, 0.4) is 0 Å². The van der Waals surface area contributed by atoms with Crippen LogP contribution < -0.4 is 5.32 Å². The summed E-state index contributed by atoms with van der Waals surface area (Å²) in [5.41, 5.74) is 1.79. The molecular formula is C22H29N3O4. The molecule has 1 aliphatic heterocycles. The van der Waals surface area contributed by atoms with Crippen molar-refractivity contribution in [1.29, 1.82) is 0 Å². The zero-order valence-electron chi connectivity index (χ0n) is 17.1. The number of hydrogen-bond donors (Lipinski definition) is 1. The first-order valence-electron chi connectivity index (χ1n) is 10.5. The molecule has 1 aromatic carbocycles. The van der Waals surface area contributed by atoms with Crippen molar-refractivity contribution in [3.63, 3.8) is 0 Å². The SMILES string of the molecule is CCCCc1ccc(NC(=O)CN2C(=O)C(=O)N([C@H]3CCCC[C@H]3C)C2=O)cc1. The zero-order chi connectivity index (χ0) is 21.0. The van der Waals surface area contributed by atoms with E-state index in [2.05, 4.69) is 12.2 Å². The van der Waals surface area contributed by atoms with Gasteiger partial charge in [-0.3, -0.25) is 19.3 Å². The second kappa shape index (κ2) is 9.20. The number of nitrogens with one attached hydrogen (secondary N) is 1. The fraction of sp³-hybridized carbons (Fsp3) is 0.545. The highest BCUT2D eigenvalue weighted by molar-refractivity contribution is 6.45. The molecule has 3 rings (SSSR count). The Balaban J connectivity index is 1.61. The summed E-state index contributed by atoms with van der Waals surface area (Å²) in [6.07, 6.45) is 6.82. The molecule has 0 unspecified atom stereocenters. The summed E-state index contributed by atoms with van der Waals surface area (Å²) >= 11 is 0. The van der Waals surface area contributed by atoms with Gasteiger partial charge < -0.3 is 5.32 Å². The molecule has 1 saturated carbocycles. The van der Waals surface area contributed by atoms with E-state index in [1.54, 1.807) is 12.1 Å². The summed E-state index contributed by atoms with van der Waals surface area (Å²) in [5, 5.41) is 2.70. The van der Waals surface area contributed by atoms with Crippen LogP contribution in [-0.2, 0) is 20.8 Å². The van der Waals surface area contributed by atoms with Gasteiger partial charge in [-0.1, -0.05) is 45.2 Å². The summed E-state index contributed by atoms with van der Waals surface area (Å²) < 4.78 is 0. The van der Waals surface area contributed by atoms with Crippen LogP contribution >= 0.6 is 0 Å². The van der Waals surface area contributed by atoms with Crippen molar-refractivity contribution in [3.8, 4) is 0 Å². The number of rotatable bonds is 7. The molecule has 2 atom stereocenters. The van der Waals surface area contributed by atoms with E-state index in [1.165, 1.54) is 5.56 Å². The number of anilines is 1. The Bertz CT molecular complexity index is 790. The van der Waals surface area contributed by atoms with E-state index < -0.39 is 30.3 Å². The van der Waals surface area contributed by atoms with Gasteiger partial charge >= 0.3 is 17.8 Å². The molecule has 1 N–H and O–H groups in total. The summed E-state index contributed by atoms with van der Waals surface area (Å²) in [5.74, 6) is -2.08. The lowest BCUT2D eigenvalue weighted by Gasteiger charge is -2.34. The molecule has 7 nitrogen and oxygen atoms in total. The van der Waals surface area contributed by atoms with E-state index in [1.807, 2.05) is 19.1 Å². The molecule has 1 saturated heterocycles. The highest BCUT2D eigenvalue weighted by atomic mass is 16.2. The number of aryl methyl sites for hydroxylation is 1. The molecule has 1 heterocycles. The average Bonchev–Trinajstić information content (AvgIpc) is 2.91. The van der Waals surface area contributed by atoms with Crippen LogP contribution in [0.15, 0.2) is 24.3 Å². The normalized spacial score (nSPS) is 22.3. The van der Waals surface area contributed by atoms with Gasteiger partial charge in [0.25, 0.3) is 0 Å². The molecule has 0 radical (unpaired) electrons. The Kier molecular flexibility index (Phi) is 6.67. The van der Waals surface area contributed by atoms with Crippen LogP contribution in [0.2, 0.25) is 0 Å². The summed E-state index contributed by atoms with van der Waals surface area (Å²) in [6, 6.07) is 6.57. The van der Waals surface area contributed by atoms with E-state index in [0.29, 0.717) is 12.1 Å². The quantitative estimate of drug-likeness (QED) is 0.563. The number of imide groups is 2. The van der Waals surface area contributed by atoms with E-state index in [0.717, 1.165) is 48.3 Å². The van der Waals surface area contributed by atoms with Crippen LogP contribution in [0, 0.1) is 5.92 Å². The van der Waals surface area contributed by atoms with Gasteiger partial charge in [-0.2, -0.15) is 0 Å². The van der Waals surface area contributed by atoms with E-state index >= 15 is 0 Å². The van der Waals surface area contributed by atoms with Crippen molar-refractivity contribution < 1.29 is 19.2 Å². The van der Waals surface area contributed by atoms with Crippen molar-refractivity contribution >= 4 is 29.4 Å². The van der Waals surface area contributed by atoms with Crippen molar-refractivity contribution in [1.82, 2.24) is 9.80 Å².